The van der Waals surface area contributed by atoms with Gasteiger partial charge < -0.3 is 10.7 Å². The molecule has 23 heavy (non-hydrogen) atoms. The zero-order chi connectivity index (χ0) is 16.6. The number of nitrogens with zero attached hydrogens (tertiary/aromatic N) is 5. The molecule has 0 saturated heterocycles. The zero-order valence-electron chi connectivity index (χ0n) is 13.5. The normalized spacial score (nSPS) is 11.7. The highest BCUT2D eigenvalue weighted by Gasteiger charge is 2.19. The quantitative estimate of drug-likeness (QED) is 0.771. The van der Waals surface area contributed by atoms with Crippen molar-refractivity contribution >= 4 is 16.9 Å². The fourth-order valence-corrected chi connectivity index (χ4v) is 2.65. The van der Waals surface area contributed by atoms with Crippen molar-refractivity contribution in [3.63, 3.8) is 0 Å². The third-order valence-corrected chi connectivity index (χ3v) is 3.55. The van der Waals surface area contributed by atoms with Gasteiger partial charge in [-0.05, 0) is 17.9 Å². The van der Waals surface area contributed by atoms with Crippen molar-refractivity contribution in [1.29, 1.82) is 5.26 Å². The maximum Gasteiger partial charge on any atom is 0.239 e. The number of nitrogens with one attached hydrogen (secondary N) is 1. The number of nitrogens with two attached hydrogens (primary N) is 1. The van der Waals surface area contributed by atoms with Crippen molar-refractivity contribution in [3.05, 3.63) is 35.5 Å². The summed E-state index contributed by atoms with van der Waals surface area (Å²) in [6, 6.07) is 3.98. The third kappa shape index (κ3) is 3.16. The van der Waals surface area contributed by atoms with Crippen LogP contribution in [0.15, 0.2) is 18.6 Å². The van der Waals surface area contributed by atoms with Gasteiger partial charge in [0.15, 0.2) is 0 Å². The van der Waals surface area contributed by atoms with Crippen molar-refractivity contribution in [1.82, 2.24) is 24.7 Å². The topological polar surface area (TPSA) is 109 Å². The molecule has 3 rings (SSSR count). The Hall–Kier alpha value is -2.88. The molecule has 3 N–H and O–H groups in total. The van der Waals surface area contributed by atoms with E-state index in [2.05, 4.69) is 46.9 Å². The van der Waals surface area contributed by atoms with Crippen LogP contribution in [-0.2, 0) is 13.0 Å². The van der Waals surface area contributed by atoms with Crippen molar-refractivity contribution in [2.75, 3.05) is 5.73 Å². The minimum absolute atomic E-state index is 0.0873. The zero-order valence-corrected chi connectivity index (χ0v) is 13.5. The Bertz CT molecular complexity index is 889. The number of nitriles is 1. The van der Waals surface area contributed by atoms with Crippen molar-refractivity contribution in [2.45, 2.75) is 33.7 Å². The van der Waals surface area contributed by atoms with Crippen LogP contribution in [0.5, 0.6) is 0 Å². The number of H-pyrrole nitrogens is 1. The summed E-state index contributed by atoms with van der Waals surface area (Å²) in [6.45, 7) is 7.03. The summed E-state index contributed by atoms with van der Waals surface area (Å²) in [4.78, 5) is 11.7. The standard InChI is InChI=1S/C16H19N7/c1-16(2,3)5-12-13(8-23-9-20-15(18)22-23)19-7-10-4-11(6-17)21-14(10)12/h4,7,9,21H,5,8H2,1-3H3,(H2,18,22). The molecule has 0 amide bonds. The summed E-state index contributed by atoms with van der Waals surface area (Å²) in [5, 5.41) is 14.2. The first-order chi connectivity index (χ1) is 10.9. The second-order valence-electron chi connectivity index (χ2n) is 6.85. The molecule has 3 aromatic rings. The van der Waals surface area contributed by atoms with Crippen LogP contribution in [0.25, 0.3) is 10.9 Å². The lowest BCUT2D eigenvalue weighted by Crippen LogP contribution is -2.14. The SMILES string of the molecule is CC(C)(C)Cc1c(Cn2cnc(N)n2)ncc2cc(C#N)[nH]c12. The van der Waals surface area contributed by atoms with Gasteiger partial charge in [-0.15, -0.1) is 5.10 Å². The number of rotatable bonds is 3. The first kappa shape index (κ1) is 15.0. The van der Waals surface area contributed by atoms with Gasteiger partial charge in [-0.1, -0.05) is 20.8 Å². The number of hydrogen-bond acceptors (Lipinski definition) is 5. The molecule has 0 saturated carbocycles. The second kappa shape index (κ2) is 5.39. The number of anilines is 1. The van der Waals surface area contributed by atoms with E-state index in [9.17, 15) is 0 Å². The molecule has 0 bridgehead atoms. The molecule has 0 fully saturated rings. The summed E-state index contributed by atoms with van der Waals surface area (Å²) in [7, 11) is 0. The van der Waals surface area contributed by atoms with Crippen LogP contribution in [0.4, 0.5) is 5.95 Å². The van der Waals surface area contributed by atoms with Gasteiger partial charge in [0.2, 0.25) is 5.95 Å². The highest BCUT2D eigenvalue weighted by molar-refractivity contribution is 5.84. The summed E-state index contributed by atoms with van der Waals surface area (Å²) in [5.41, 5.74) is 9.18. The lowest BCUT2D eigenvalue weighted by Gasteiger charge is -2.20. The number of pyridine rings is 1. The average molecular weight is 309 g/mol. The Kier molecular flexibility index (Phi) is 3.52. The predicted octanol–water partition coefficient (Wildman–Crippen LogP) is 2.25. The molecule has 3 heterocycles. The van der Waals surface area contributed by atoms with Crippen LogP contribution in [-0.4, -0.2) is 24.7 Å². The maximum atomic E-state index is 9.13. The highest BCUT2D eigenvalue weighted by atomic mass is 15.4. The van der Waals surface area contributed by atoms with E-state index in [0.717, 1.165) is 28.6 Å². The lowest BCUT2D eigenvalue weighted by atomic mass is 9.87. The monoisotopic (exact) mass is 309 g/mol. The van der Waals surface area contributed by atoms with Crippen molar-refractivity contribution in [3.8, 4) is 6.07 Å². The molecule has 0 radical (unpaired) electrons. The Morgan fingerprint density at radius 2 is 2.13 bits per heavy atom. The highest BCUT2D eigenvalue weighted by Crippen LogP contribution is 2.28. The molecular formula is C16H19N7. The number of fused-ring (bicyclic) bond motifs is 1. The van der Waals surface area contributed by atoms with Crippen molar-refractivity contribution in [2.24, 2.45) is 5.41 Å². The van der Waals surface area contributed by atoms with Crippen LogP contribution in [0.2, 0.25) is 0 Å². The van der Waals surface area contributed by atoms with Gasteiger partial charge in [0.25, 0.3) is 0 Å². The predicted molar refractivity (Wildman–Crippen MR) is 87.5 cm³/mol. The summed E-state index contributed by atoms with van der Waals surface area (Å²) in [5.74, 6) is 0.245. The van der Waals surface area contributed by atoms with Gasteiger partial charge in [0.05, 0.1) is 17.8 Å². The van der Waals surface area contributed by atoms with Crippen LogP contribution < -0.4 is 5.73 Å². The van der Waals surface area contributed by atoms with Crippen LogP contribution >= 0.6 is 0 Å². The van der Waals surface area contributed by atoms with E-state index >= 15 is 0 Å². The molecule has 118 valence electrons. The first-order valence-corrected chi connectivity index (χ1v) is 7.40. The fourth-order valence-electron chi connectivity index (χ4n) is 2.65. The van der Waals surface area contributed by atoms with E-state index in [0.29, 0.717) is 12.2 Å². The van der Waals surface area contributed by atoms with Gasteiger partial charge in [0.1, 0.15) is 18.1 Å². The first-order valence-electron chi connectivity index (χ1n) is 7.40. The minimum Gasteiger partial charge on any atom is -0.367 e. The van der Waals surface area contributed by atoms with Gasteiger partial charge in [-0.25, -0.2) is 9.67 Å². The van der Waals surface area contributed by atoms with Crippen LogP contribution in [0.1, 0.15) is 37.7 Å². The number of hydrogen-bond donors (Lipinski definition) is 2. The Morgan fingerprint density at radius 1 is 1.35 bits per heavy atom. The Morgan fingerprint density at radius 3 is 2.74 bits per heavy atom. The third-order valence-electron chi connectivity index (χ3n) is 3.55. The maximum absolute atomic E-state index is 9.13. The van der Waals surface area contributed by atoms with E-state index in [1.54, 1.807) is 17.2 Å². The average Bonchev–Trinajstić information content (AvgIpc) is 3.06. The van der Waals surface area contributed by atoms with Crippen LogP contribution in [0.3, 0.4) is 0 Å². The Balaban J connectivity index is 2.11. The largest absolute Gasteiger partial charge is 0.367 e. The van der Waals surface area contributed by atoms with Gasteiger partial charge in [-0.3, -0.25) is 4.98 Å². The Labute approximate surface area is 134 Å². The summed E-state index contributed by atoms with van der Waals surface area (Å²) in [6.07, 6.45) is 4.22. The molecule has 0 aliphatic rings. The molecule has 7 heteroatoms. The lowest BCUT2D eigenvalue weighted by molar-refractivity contribution is 0.409. The fraction of sp³-hybridized carbons (Fsp3) is 0.375. The molecular weight excluding hydrogens is 290 g/mol. The molecule has 0 aromatic carbocycles. The second-order valence-corrected chi connectivity index (χ2v) is 6.85. The van der Waals surface area contributed by atoms with Crippen molar-refractivity contribution < 1.29 is 0 Å². The van der Waals surface area contributed by atoms with Gasteiger partial charge in [-0.2, -0.15) is 5.26 Å². The number of aromatic nitrogens is 5. The smallest absolute Gasteiger partial charge is 0.239 e. The minimum atomic E-state index is 0.0873. The van der Waals surface area contributed by atoms with E-state index in [1.807, 2.05) is 6.07 Å². The molecule has 0 aliphatic heterocycles. The molecule has 3 aromatic heterocycles. The van der Waals surface area contributed by atoms with Gasteiger partial charge in [0, 0.05) is 17.1 Å². The molecule has 0 atom stereocenters. The summed E-state index contributed by atoms with van der Waals surface area (Å²) < 4.78 is 1.67. The van der Waals surface area contributed by atoms with E-state index in [-0.39, 0.29) is 11.4 Å². The molecule has 0 spiro atoms. The number of nitrogen functional groups attached to an aromatic ring is 1. The molecule has 0 unspecified atom stereocenters. The molecule has 0 aliphatic carbocycles. The van der Waals surface area contributed by atoms with Crippen LogP contribution in [0, 0.1) is 16.7 Å². The van der Waals surface area contributed by atoms with E-state index in [1.165, 1.54) is 0 Å². The molecule has 7 nitrogen and oxygen atoms in total. The van der Waals surface area contributed by atoms with E-state index < -0.39 is 0 Å². The van der Waals surface area contributed by atoms with E-state index in [4.69, 9.17) is 11.0 Å². The van der Waals surface area contributed by atoms with Gasteiger partial charge >= 0.3 is 0 Å². The number of aromatic amines is 1. The summed E-state index contributed by atoms with van der Waals surface area (Å²) >= 11 is 0.